The molecule has 0 bridgehead atoms. The van der Waals surface area contributed by atoms with Crippen molar-refractivity contribution in [3.63, 3.8) is 0 Å². The summed E-state index contributed by atoms with van der Waals surface area (Å²) < 4.78 is 32.9. The van der Waals surface area contributed by atoms with E-state index >= 15 is 0 Å². The number of amides is 1. The van der Waals surface area contributed by atoms with Crippen LogP contribution in [0.3, 0.4) is 0 Å². The zero-order chi connectivity index (χ0) is 24.7. The Morgan fingerprint density at radius 2 is 1.43 bits per heavy atom. The van der Waals surface area contributed by atoms with Crippen LogP contribution in [-0.4, -0.2) is 21.4 Å². The summed E-state index contributed by atoms with van der Waals surface area (Å²) in [5, 5.41) is 2.80. The van der Waals surface area contributed by atoms with Gasteiger partial charge in [-0.15, -0.1) is 11.8 Å². The van der Waals surface area contributed by atoms with Crippen molar-refractivity contribution in [2.75, 3.05) is 17.1 Å². The van der Waals surface area contributed by atoms with Crippen LogP contribution in [0.25, 0.3) is 0 Å². The smallest absolute Gasteiger partial charge is 0.261 e. The van der Waals surface area contributed by atoms with Gasteiger partial charge in [0.05, 0.1) is 12.0 Å². The number of benzene rings is 4. The van der Waals surface area contributed by atoms with Crippen LogP contribution in [0.5, 0.6) is 5.75 Å². The molecule has 0 atom stereocenters. The minimum absolute atomic E-state index is 0.0894. The fourth-order valence-corrected chi connectivity index (χ4v) is 5.16. The van der Waals surface area contributed by atoms with E-state index in [2.05, 4.69) is 22.2 Å². The van der Waals surface area contributed by atoms with E-state index in [0.29, 0.717) is 22.7 Å². The molecule has 0 aromatic heterocycles. The summed E-state index contributed by atoms with van der Waals surface area (Å²) in [4.78, 5) is 13.9. The lowest BCUT2D eigenvalue weighted by molar-refractivity contribution is 0.102. The molecule has 8 heteroatoms. The van der Waals surface area contributed by atoms with E-state index in [-0.39, 0.29) is 10.8 Å². The maximum atomic E-state index is 12.7. The lowest BCUT2D eigenvalue weighted by Crippen LogP contribution is -2.14. The Morgan fingerprint density at radius 1 is 0.800 bits per heavy atom. The zero-order valence-electron chi connectivity index (χ0n) is 19.0. The van der Waals surface area contributed by atoms with Crippen molar-refractivity contribution in [1.82, 2.24) is 0 Å². The third kappa shape index (κ3) is 6.65. The zero-order valence-corrected chi connectivity index (χ0v) is 20.6. The van der Waals surface area contributed by atoms with Crippen LogP contribution >= 0.6 is 11.8 Å². The van der Waals surface area contributed by atoms with E-state index in [1.165, 1.54) is 17.0 Å². The summed E-state index contributed by atoms with van der Waals surface area (Å²) in [6.45, 7) is 0. The first kappa shape index (κ1) is 24.4. The Morgan fingerprint density at radius 3 is 2.06 bits per heavy atom. The largest absolute Gasteiger partial charge is 0.497 e. The topological polar surface area (TPSA) is 84.5 Å². The Labute approximate surface area is 209 Å². The van der Waals surface area contributed by atoms with Gasteiger partial charge in [-0.25, -0.2) is 8.42 Å². The monoisotopic (exact) mass is 504 g/mol. The molecule has 35 heavy (non-hydrogen) atoms. The summed E-state index contributed by atoms with van der Waals surface area (Å²) in [5.41, 5.74) is 2.57. The molecule has 6 nitrogen and oxygen atoms in total. The van der Waals surface area contributed by atoms with Crippen LogP contribution in [0.2, 0.25) is 0 Å². The van der Waals surface area contributed by atoms with Crippen LogP contribution in [0.1, 0.15) is 15.9 Å². The van der Waals surface area contributed by atoms with Gasteiger partial charge in [-0.05, 0) is 78.4 Å². The summed E-state index contributed by atoms with van der Waals surface area (Å²) in [6.07, 6.45) is 0. The molecular formula is C27H24N2O4S2. The van der Waals surface area contributed by atoms with Gasteiger partial charge in [0.25, 0.3) is 15.9 Å². The van der Waals surface area contributed by atoms with E-state index < -0.39 is 10.0 Å². The maximum absolute atomic E-state index is 12.7. The third-order valence-corrected chi connectivity index (χ3v) is 7.61. The van der Waals surface area contributed by atoms with Gasteiger partial charge in [0.2, 0.25) is 0 Å². The summed E-state index contributed by atoms with van der Waals surface area (Å²) in [5.74, 6) is 1.18. The van der Waals surface area contributed by atoms with Crippen LogP contribution in [0.4, 0.5) is 11.4 Å². The lowest BCUT2D eigenvalue weighted by Gasteiger charge is -2.10. The number of thioether (sulfide) groups is 1. The molecule has 0 radical (unpaired) electrons. The van der Waals surface area contributed by atoms with Crippen LogP contribution in [-0.2, 0) is 15.8 Å². The average molecular weight is 505 g/mol. The second-order valence-electron chi connectivity index (χ2n) is 7.61. The Hall–Kier alpha value is -3.75. The second-order valence-corrected chi connectivity index (χ2v) is 10.3. The first-order chi connectivity index (χ1) is 16.9. The highest BCUT2D eigenvalue weighted by Gasteiger charge is 2.15. The maximum Gasteiger partial charge on any atom is 0.261 e. The normalized spacial score (nSPS) is 11.0. The number of carbonyl (C=O) groups excluding carboxylic acids is 1. The number of sulfonamides is 1. The molecule has 0 saturated carbocycles. The van der Waals surface area contributed by atoms with Gasteiger partial charge < -0.3 is 10.1 Å². The molecule has 4 aromatic carbocycles. The summed E-state index contributed by atoms with van der Waals surface area (Å²) in [6, 6.07) is 30.2. The number of hydrogen-bond acceptors (Lipinski definition) is 5. The van der Waals surface area contributed by atoms with Gasteiger partial charge in [0.1, 0.15) is 5.75 Å². The number of nitrogens with one attached hydrogen (secondary N) is 2. The van der Waals surface area contributed by atoms with Crippen molar-refractivity contribution in [2.45, 2.75) is 15.5 Å². The number of ether oxygens (including phenoxy) is 1. The predicted octanol–water partition coefficient (Wildman–Crippen LogP) is 6.04. The standard InChI is InChI=1S/C27H24N2O4S2/c1-33-24-15-11-23(12-16-24)29-35(31,32)26-17-13-22(14-18-26)28-27(30)21-9-7-20(8-10-21)19-34-25-5-3-2-4-6-25/h2-18,29H,19H2,1H3,(H,28,30). The Balaban J connectivity index is 1.34. The fourth-order valence-electron chi connectivity index (χ4n) is 3.23. The number of anilines is 2. The molecule has 2 N–H and O–H groups in total. The summed E-state index contributed by atoms with van der Waals surface area (Å²) in [7, 11) is -2.22. The van der Waals surface area contributed by atoms with E-state index in [1.807, 2.05) is 30.3 Å². The number of carbonyl (C=O) groups is 1. The molecule has 178 valence electrons. The van der Waals surface area contributed by atoms with Crippen molar-refractivity contribution in [3.8, 4) is 5.75 Å². The molecule has 0 fully saturated rings. The van der Waals surface area contributed by atoms with Crippen molar-refractivity contribution < 1.29 is 17.9 Å². The van der Waals surface area contributed by atoms with Crippen LogP contribution < -0.4 is 14.8 Å². The van der Waals surface area contributed by atoms with Crippen molar-refractivity contribution in [1.29, 1.82) is 0 Å². The van der Waals surface area contributed by atoms with Crippen molar-refractivity contribution in [2.24, 2.45) is 0 Å². The minimum atomic E-state index is -3.77. The van der Waals surface area contributed by atoms with Crippen molar-refractivity contribution in [3.05, 3.63) is 114 Å². The highest BCUT2D eigenvalue weighted by Crippen LogP contribution is 2.23. The fraction of sp³-hybridized carbons (Fsp3) is 0.0741. The molecule has 1 amide bonds. The van der Waals surface area contributed by atoms with Gasteiger partial charge >= 0.3 is 0 Å². The molecule has 0 heterocycles. The van der Waals surface area contributed by atoms with Gasteiger partial charge in [0.15, 0.2) is 0 Å². The lowest BCUT2D eigenvalue weighted by atomic mass is 10.1. The van der Waals surface area contributed by atoms with Crippen LogP contribution in [0.15, 0.2) is 113 Å². The third-order valence-electron chi connectivity index (χ3n) is 5.13. The molecule has 0 spiro atoms. The molecule has 0 unspecified atom stereocenters. The molecular weight excluding hydrogens is 480 g/mol. The molecule has 0 aliphatic heterocycles. The average Bonchev–Trinajstić information content (AvgIpc) is 2.89. The van der Waals surface area contributed by atoms with E-state index in [1.54, 1.807) is 67.4 Å². The molecule has 4 rings (SSSR count). The van der Waals surface area contributed by atoms with Gasteiger partial charge in [-0.1, -0.05) is 30.3 Å². The Bertz CT molecular complexity index is 1370. The number of rotatable bonds is 9. The molecule has 0 aliphatic carbocycles. The number of methoxy groups -OCH3 is 1. The minimum Gasteiger partial charge on any atom is -0.497 e. The van der Waals surface area contributed by atoms with Gasteiger partial charge in [-0.2, -0.15) is 0 Å². The highest BCUT2D eigenvalue weighted by atomic mass is 32.2. The van der Waals surface area contributed by atoms with Crippen molar-refractivity contribution >= 4 is 39.1 Å². The van der Waals surface area contributed by atoms with E-state index in [4.69, 9.17) is 4.74 Å². The van der Waals surface area contributed by atoms with Gasteiger partial charge in [-0.3, -0.25) is 9.52 Å². The molecule has 4 aromatic rings. The summed E-state index contributed by atoms with van der Waals surface area (Å²) >= 11 is 1.74. The predicted molar refractivity (Wildman–Crippen MR) is 141 cm³/mol. The SMILES string of the molecule is COc1ccc(NS(=O)(=O)c2ccc(NC(=O)c3ccc(CSc4ccccc4)cc3)cc2)cc1. The van der Waals surface area contributed by atoms with E-state index in [9.17, 15) is 13.2 Å². The van der Waals surface area contributed by atoms with E-state index in [0.717, 1.165) is 11.3 Å². The highest BCUT2D eigenvalue weighted by molar-refractivity contribution is 7.98. The Kier molecular flexibility index (Phi) is 7.74. The molecule has 0 saturated heterocycles. The second kappa shape index (κ2) is 11.1. The first-order valence-corrected chi connectivity index (χ1v) is 13.2. The molecule has 0 aliphatic rings. The van der Waals surface area contributed by atoms with Crippen LogP contribution in [0, 0.1) is 0 Å². The number of hydrogen-bond donors (Lipinski definition) is 2. The quantitative estimate of drug-likeness (QED) is 0.272. The van der Waals surface area contributed by atoms with Gasteiger partial charge in [0, 0.05) is 27.6 Å². The first-order valence-electron chi connectivity index (χ1n) is 10.8.